The zero-order chi connectivity index (χ0) is 18.5. The van der Waals surface area contributed by atoms with Crippen LogP contribution in [-0.2, 0) is 4.74 Å². The predicted molar refractivity (Wildman–Crippen MR) is 97.5 cm³/mol. The molecule has 7 nitrogen and oxygen atoms in total. The van der Waals surface area contributed by atoms with Crippen LogP contribution in [0.1, 0.15) is 32.8 Å². The Morgan fingerprint density at radius 1 is 1.42 bits per heavy atom. The van der Waals surface area contributed by atoms with Crippen molar-refractivity contribution in [3.63, 3.8) is 0 Å². The number of nitro benzene ring substituents is 1. The van der Waals surface area contributed by atoms with E-state index in [1.807, 2.05) is 26.8 Å². The van der Waals surface area contributed by atoms with Gasteiger partial charge < -0.3 is 15.0 Å². The number of nitro groups is 1. The number of hydrogen-bond acceptors (Lipinski definition) is 5. The van der Waals surface area contributed by atoms with Gasteiger partial charge in [0.1, 0.15) is 11.3 Å². The van der Waals surface area contributed by atoms with Crippen LogP contribution in [0.4, 0.5) is 16.2 Å². The average molecular weight is 402 g/mol. The van der Waals surface area contributed by atoms with Gasteiger partial charge in [-0.15, -0.1) is 0 Å². The molecule has 0 aliphatic carbocycles. The number of carbonyl (C=O) groups is 1. The van der Waals surface area contributed by atoms with Crippen molar-refractivity contribution >= 4 is 33.4 Å². The van der Waals surface area contributed by atoms with Crippen LogP contribution >= 0.6 is 15.9 Å². The first kappa shape index (κ1) is 20.2. The first-order valence-electron chi connectivity index (χ1n) is 7.64. The van der Waals surface area contributed by atoms with Crippen molar-refractivity contribution in [2.24, 2.45) is 0 Å². The second-order valence-corrected chi connectivity index (χ2v) is 7.43. The SMILES string of the molecule is Cc1cc(Br)c(NCCCN(C)C(=O)OC(C)(C)C)c([N+](=O)[O-])c1. The third-order valence-electron chi connectivity index (χ3n) is 3.09. The number of rotatable bonds is 6. The number of nitrogens with zero attached hydrogens (tertiary/aromatic N) is 2. The third-order valence-corrected chi connectivity index (χ3v) is 3.71. The molecule has 0 saturated carbocycles. The van der Waals surface area contributed by atoms with Gasteiger partial charge in [0.15, 0.2) is 0 Å². The van der Waals surface area contributed by atoms with E-state index in [1.165, 1.54) is 11.0 Å². The molecule has 1 aromatic carbocycles. The molecule has 0 aliphatic rings. The molecular weight excluding hydrogens is 378 g/mol. The molecule has 0 heterocycles. The fraction of sp³-hybridized carbons (Fsp3) is 0.562. The van der Waals surface area contributed by atoms with Gasteiger partial charge in [0.2, 0.25) is 0 Å². The second-order valence-electron chi connectivity index (χ2n) is 6.58. The molecule has 0 aliphatic heterocycles. The molecule has 1 amide bonds. The molecular formula is C16H24BrN3O4. The van der Waals surface area contributed by atoms with Crippen LogP contribution in [0.25, 0.3) is 0 Å². The number of hydrogen-bond donors (Lipinski definition) is 1. The number of aryl methyl sites for hydroxylation is 1. The molecule has 0 fully saturated rings. The predicted octanol–water partition coefficient (Wildman–Crippen LogP) is 4.33. The molecule has 0 unspecified atom stereocenters. The minimum absolute atomic E-state index is 0.0300. The highest BCUT2D eigenvalue weighted by Crippen LogP contribution is 2.33. The average Bonchev–Trinajstić information content (AvgIpc) is 2.42. The topological polar surface area (TPSA) is 84.7 Å². The van der Waals surface area contributed by atoms with E-state index in [0.29, 0.717) is 29.7 Å². The minimum Gasteiger partial charge on any atom is -0.444 e. The summed E-state index contributed by atoms with van der Waals surface area (Å²) in [5.74, 6) is 0. The maximum atomic E-state index is 11.8. The fourth-order valence-electron chi connectivity index (χ4n) is 2.00. The Morgan fingerprint density at radius 2 is 2.04 bits per heavy atom. The monoisotopic (exact) mass is 401 g/mol. The maximum absolute atomic E-state index is 11.8. The van der Waals surface area contributed by atoms with Crippen molar-refractivity contribution in [1.29, 1.82) is 0 Å². The molecule has 1 aromatic rings. The van der Waals surface area contributed by atoms with Gasteiger partial charge >= 0.3 is 6.09 Å². The number of halogens is 1. The number of amides is 1. The summed E-state index contributed by atoms with van der Waals surface area (Å²) >= 11 is 3.35. The van der Waals surface area contributed by atoms with E-state index in [-0.39, 0.29) is 11.8 Å². The van der Waals surface area contributed by atoms with Crippen molar-refractivity contribution < 1.29 is 14.5 Å². The van der Waals surface area contributed by atoms with Crippen molar-refractivity contribution in [3.8, 4) is 0 Å². The molecule has 0 radical (unpaired) electrons. The van der Waals surface area contributed by atoms with Crippen molar-refractivity contribution in [1.82, 2.24) is 4.90 Å². The molecule has 0 spiro atoms. The summed E-state index contributed by atoms with van der Waals surface area (Å²) in [5, 5.41) is 14.2. The molecule has 8 heteroatoms. The summed E-state index contributed by atoms with van der Waals surface area (Å²) in [6, 6.07) is 3.35. The normalized spacial score (nSPS) is 11.1. The number of anilines is 1. The Balaban J connectivity index is 2.57. The van der Waals surface area contributed by atoms with Gasteiger partial charge in [0, 0.05) is 30.7 Å². The third kappa shape index (κ3) is 6.35. The van der Waals surface area contributed by atoms with Crippen LogP contribution in [0.5, 0.6) is 0 Å². The van der Waals surface area contributed by atoms with E-state index in [1.54, 1.807) is 14.0 Å². The van der Waals surface area contributed by atoms with E-state index < -0.39 is 10.5 Å². The molecule has 24 heavy (non-hydrogen) atoms. The largest absolute Gasteiger partial charge is 0.444 e. The highest BCUT2D eigenvalue weighted by Gasteiger charge is 2.20. The van der Waals surface area contributed by atoms with Crippen LogP contribution < -0.4 is 5.32 Å². The van der Waals surface area contributed by atoms with Crippen molar-refractivity contribution in [2.75, 3.05) is 25.5 Å². The molecule has 1 rings (SSSR count). The Bertz CT molecular complexity index is 614. The first-order chi connectivity index (χ1) is 11.0. The summed E-state index contributed by atoms with van der Waals surface area (Å²) in [5.41, 5.74) is 0.758. The van der Waals surface area contributed by atoms with Gasteiger partial charge in [-0.2, -0.15) is 0 Å². The Morgan fingerprint density at radius 3 is 2.58 bits per heavy atom. The molecule has 134 valence electrons. The zero-order valence-electron chi connectivity index (χ0n) is 14.7. The van der Waals surface area contributed by atoms with Gasteiger partial charge in [0.05, 0.1) is 4.92 Å². The number of benzene rings is 1. The molecule has 0 atom stereocenters. The number of ether oxygens (including phenoxy) is 1. The van der Waals surface area contributed by atoms with Crippen molar-refractivity contribution in [2.45, 2.75) is 39.7 Å². The van der Waals surface area contributed by atoms with Crippen LogP contribution in [0.2, 0.25) is 0 Å². The van der Waals surface area contributed by atoms with Crippen LogP contribution in [0.15, 0.2) is 16.6 Å². The Kier molecular flexibility index (Phi) is 7.01. The standard InChI is InChI=1S/C16H24BrN3O4/c1-11-9-12(17)14(13(10-11)20(22)23)18-7-6-8-19(5)15(21)24-16(2,3)4/h9-10,18H,6-8H2,1-5H3. The van der Waals surface area contributed by atoms with Crippen LogP contribution in [-0.4, -0.2) is 41.7 Å². The first-order valence-corrected chi connectivity index (χ1v) is 8.43. The van der Waals surface area contributed by atoms with Crippen molar-refractivity contribution in [3.05, 3.63) is 32.3 Å². The smallest absolute Gasteiger partial charge is 0.410 e. The van der Waals surface area contributed by atoms with Gasteiger partial charge in [-0.3, -0.25) is 10.1 Å². The highest BCUT2D eigenvalue weighted by molar-refractivity contribution is 9.10. The van der Waals surface area contributed by atoms with E-state index in [4.69, 9.17) is 4.74 Å². The van der Waals surface area contributed by atoms with Crippen LogP contribution in [0, 0.1) is 17.0 Å². The molecule has 0 aromatic heterocycles. The lowest BCUT2D eigenvalue weighted by Gasteiger charge is -2.24. The zero-order valence-corrected chi connectivity index (χ0v) is 16.3. The highest BCUT2D eigenvalue weighted by atomic mass is 79.9. The van der Waals surface area contributed by atoms with E-state index >= 15 is 0 Å². The molecule has 1 N–H and O–H groups in total. The van der Waals surface area contributed by atoms with Crippen LogP contribution in [0.3, 0.4) is 0 Å². The summed E-state index contributed by atoms with van der Waals surface area (Å²) in [6.07, 6.45) is 0.248. The maximum Gasteiger partial charge on any atom is 0.410 e. The summed E-state index contributed by atoms with van der Waals surface area (Å²) in [7, 11) is 1.66. The molecule has 0 saturated heterocycles. The fourth-order valence-corrected chi connectivity index (χ4v) is 2.71. The quantitative estimate of drug-likeness (QED) is 0.435. The van der Waals surface area contributed by atoms with E-state index in [9.17, 15) is 14.9 Å². The lowest BCUT2D eigenvalue weighted by molar-refractivity contribution is -0.384. The van der Waals surface area contributed by atoms with Gasteiger partial charge in [-0.1, -0.05) is 0 Å². The van der Waals surface area contributed by atoms with E-state index in [2.05, 4.69) is 21.2 Å². The van der Waals surface area contributed by atoms with Gasteiger partial charge in [-0.05, 0) is 61.7 Å². The summed E-state index contributed by atoms with van der Waals surface area (Å²) in [4.78, 5) is 24.1. The Hall–Kier alpha value is -1.83. The number of nitrogens with one attached hydrogen (secondary N) is 1. The number of carbonyl (C=O) groups excluding carboxylic acids is 1. The lowest BCUT2D eigenvalue weighted by Crippen LogP contribution is -2.35. The minimum atomic E-state index is -0.531. The lowest BCUT2D eigenvalue weighted by atomic mass is 10.2. The molecule has 0 bridgehead atoms. The summed E-state index contributed by atoms with van der Waals surface area (Å²) < 4.78 is 5.92. The van der Waals surface area contributed by atoms with Gasteiger partial charge in [0.25, 0.3) is 5.69 Å². The Labute approximate surface area is 150 Å². The summed E-state index contributed by atoms with van der Waals surface area (Å²) in [6.45, 7) is 8.23. The van der Waals surface area contributed by atoms with E-state index in [0.717, 1.165) is 5.56 Å². The second kappa shape index (κ2) is 8.32. The van der Waals surface area contributed by atoms with Gasteiger partial charge in [-0.25, -0.2) is 4.79 Å².